The van der Waals surface area contributed by atoms with Gasteiger partial charge in [-0.05, 0) is 38.8 Å². The van der Waals surface area contributed by atoms with Gasteiger partial charge in [0.05, 0.1) is 17.3 Å². The average Bonchev–Trinajstić information content (AvgIpc) is 2.85. The number of nitrogens with one attached hydrogen (secondary N) is 2. The summed E-state index contributed by atoms with van der Waals surface area (Å²) in [6.45, 7) is 7.36. The highest BCUT2D eigenvalue weighted by atomic mass is 35.5. The van der Waals surface area contributed by atoms with Crippen molar-refractivity contribution in [3.05, 3.63) is 40.3 Å². The first-order valence-corrected chi connectivity index (χ1v) is 8.99. The van der Waals surface area contributed by atoms with E-state index in [-0.39, 0.29) is 6.04 Å². The topological polar surface area (TPSA) is 76.4 Å². The van der Waals surface area contributed by atoms with Crippen LogP contribution in [0.2, 0.25) is 5.02 Å². The van der Waals surface area contributed by atoms with Crippen molar-refractivity contribution in [1.29, 1.82) is 0 Å². The fourth-order valence-electron chi connectivity index (χ4n) is 2.67. The largest absolute Gasteiger partial charge is 0.476 e. The molecule has 0 aliphatic carbocycles. The van der Waals surface area contributed by atoms with Crippen molar-refractivity contribution in [2.75, 3.05) is 20.2 Å². The van der Waals surface area contributed by atoms with Gasteiger partial charge < -0.3 is 15.4 Å². The van der Waals surface area contributed by atoms with Gasteiger partial charge in [0.2, 0.25) is 5.88 Å². The summed E-state index contributed by atoms with van der Waals surface area (Å²) in [7, 11) is 3.73. The first kappa shape index (κ1) is 20.0. The van der Waals surface area contributed by atoms with Gasteiger partial charge in [-0.1, -0.05) is 11.6 Å². The molecular formula is C18H27ClN6O. The Kier molecular flexibility index (Phi) is 7.26. The summed E-state index contributed by atoms with van der Waals surface area (Å²) >= 11 is 5.80. The van der Waals surface area contributed by atoms with Gasteiger partial charge in [-0.25, -0.2) is 4.98 Å². The van der Waals surface area contributed by atoms with E-state index in [0.29, 0.717) is 24.1 Å². The monoisotopic (exact) mass is 378 g/mol. The minimum absolute atomic E-state index is 0.224. The molecule has 1 atom stereocenters. The Balaban J connectivity index is 1.77. The molecule has 8 heteroatoms. The molecule has 0 spiro atoms. The van der Waals surface area contributed by atoms with Crippen LogP contribution in [0.25, 0.3) is 0 Å². The van der Waals surface area contributed by atoms with E-state index in [4.69, 9.17) is 16.3 Å². The van der Waals surface area contributed by atoms with Gasteiger partial charge in [-0.2, -0.15) is 5.10 Å². The third-order valence-electron chi connectivity index (χ3n) is 4.12. The van der Waals surface area contributed by atoms with Gasteiger partial charge in [0, 0.05) is 38.1 Å². The number of aryl methyl sites for hydroxylation is 2. The Morgan fingerprint density at radius 3 is 2.73 bits per heavy atom. The normalized spacial score (nSPS) is 12.8. The molecule has 142 valence electrons. The summed E-state index contributed by atoms with van der Waals surface area (Å²) in [6, 6.07) is 3.72. The van der Waals surface area contributed by atoms with Crippen molar-refractivity contribution in [2.24, 2.45) is 12.0 Å². The molecule has 0 aliphatic heterocycles. The maximum Gasteiger partial charge on any atom is 0.213 e. The molecule has 2 rings (SSSR count). The van der Waals surface area contributed by atoms with Crippen molar-refractivity contribution >= 4 is 17.6 Å². The number of halogens is 1. The van der Waals surface area contributed by atoms with Crippen LogP contribution in [0.5, 0.6) is 5.88 Å². The number of nitrogens with zero attached hydrogens (tertiary/aromatic N) is 4. The molecule has 0 radical (unpaired) electrons. The zero-order valence-corrected chi connectivity index (χ0v) is 16.8. The van der Waals surface area contributed by atoms with Crippen LogP contribution in [0.3, 0.4) is 0 Å². The predicted octanol–water partition coefficient (Wildman–Crippen LogP) is 2.26. The first-order chi connectivity index (χ1) is 12.4. The number of ether oxygens (including phenoxy) is 1. The van der Waals surface area contributed by atoms with Gasteiger partial charge in [0.1, 0.15) is 6.61 Å². The summed E-state index contributed by atoms with van der Waals surface area (Å²) < 4.78 is 7.49. The van der Waals surface area contributed by atoms with Crippen molar-refractivity contribution < 1.29 is 4.74 Å². The van der Waals surface area contributed by atoms with Crippen molar-refractivity contribution in [3.8, 4) is 5.88 Å². The number of hydrogen-bond acceptors (Lipinski definition) is 4. The number of aromatic nitrogens is 3. The fourth-order valence-corrected chi connectivity index (χ4v) is 2.78. The number of aliphatic imine (C=N–C) groups is 1. The van der Waals surface area contributed by atoms with E-state index in [1.807, 2.05) is 18.7 Å². The molecule has 2 aromatic rings. The third-order valence-corrected chi connectivity index (χ3v) is 4.34. The van der Waals surface area contributed by atoms with Gasteiger partial charge in [0.15, 0.2) is 5.96 Å². The molecular weight excluding hydrogens is 352 g/mol. The van der Waals surface area contributed by atoms with E-state index in [1.54, 1.807) is 25.4 Å². The van der Waals surface area contributed by atoms with E-state index in [2.05, 4.69) is 39.6 Å². The molecule has 0 saturated heterocycles. The summed E-state index contributed by atoms with van der Waals surface area (Å²) in [6.07, 6.45) is 2.45. The van der Waals surface area contributed by atoms with Crippen LogP contribution in [0.4, 0.5) is 0 Å². The van der Waals surface area contributed by atoms with Crippen LogP contribution in [-0.2, 0) is 13.5 Å². The highest BCUT2D eigenvalue weighted by molar-refractivity contribution is 6.30. The van der Waals surface area contributed by atoms with E-state index in [1.165, 1.54) is 11.3 Å². The molecule has 0 bridgehead atoms. The third kappa shape index (κ3) is 5.62. The minimum atomic E-state index is 0.224. The predicted molar refractivity (Wildman–Crippen MR) is 105 cm³/mol. The first-order valence-electron chi connectivity index (χ1n) is 8.61. The molecule has 26 heavy (non-hydrogen) atoms. The molecule has 2 aromatic heterocycles. The van der Waals surface area contributed by atoms with Crippen LogP contribution >= 0.6 is 11.6 Å². The van der Waals surface area contributed by atoms with Gasteiger partial charge >= 0.3 is 0 Å². The Morgan fingerprint density at radius 2 is 2.15 bits per heavy atom. The second-order valence-electron chi connectivity index (χ2n) is 6.18. The fraction of sp³-hybridized carbons (Fsp3) is 0.500. The lowest BCUT2D eigenvalue weighted by Gasteiger charge is -2.18. The van der Waals surface area contributed by atoms with Gasteiger partial charge in [-0.3, -0.25) is 9.67 Å². The molecule has 0 aromatic carbocycles. The maximum atomic E-state index is 5.80. The highest BCUT2D eigenvalue weighted by Crippen LogP contribution is 2.14. The molecule has 0 saturated carbocycles. The minimum Gasteiger partial charge on any atom is -0.476 e. The zero-order valence-electron chi connectivity index (χ0n) is 16.0. The van der Waals surface area contributed by atoms with Gasteiger partial charge in [0.25, 0.3) is 0 Å². The van der Waals surface area contributed by atoms with E-state index >= 15 is 0 Å². The number of hydrogen-bond donors (Lipinski definition) is 2. The van der Waals surface area contributed by atoms with Crippen LogP contribution in [0, 0.1) is 13.8 Å². The standard InChI is InChI=1S/C18H27ClN6O/c1-12(10-16-13(2)24-25(5)14(16)3)23-18(20-4)21-8-9-26-17-7-6-15(19)11-22-17/h6-7,11-12H,8-10H2,1-5H3,(H2,20,21,23). The van der Waals surface area contributed by atoms with Gasteiger partial charge in [-0.15, -0.1) is 0 Å². The molecule has 2 N–H and O–H groups in total. The smallest absolute Gasteiger partial charge is 0.213 e. The van der Waals surface area contributed by atoms with Crippen LogP contribution in [0.15, 0.2) is 23.3 Å². The SMILES string of the molecule is CN=C(NCCOc1ccc(Cl)cn1)NC(C)Cc1c(C)nn(C)c1C. The lowest BCUT2D eigenvalue weighted by molar-refractivity contribution is 0.309. The Bertz CT molecular complexity index is 741. The Labute approximate surface area is 159 Å². The Morgan fingerprint density at radius 1 is 1.38 bits per heavy atom. The summed E-state index contributed by atoms with van der Waals surface area (Å²) in [5.74, 6) is 1.29. The molecule has 2 heterocycles. The maximum absolute atomic E-state index is 5.80. The average molecular weight is 379 g/mol. The highest BCUT2D eigenvalue weighted by Gasteiger charge is 2.13. The van der Waals surface area contributed by atoms with E-state index < -0.39 is 0 Å². The second-order valence-corrected chi connectivity index (χ2v) is 6.62. The quantitative estimate of drug-likeness (QED) is 0.439. The molecule has 0 amide bonds. The van der Waals surface area contributed by atoms with Crippen molar-refractivity contribution in [2.45, 2.75) is 33.2 Å². The lowest BCUT2D eigenvalue weighted by Crippen LogP contribution is -2.44. The lowest BCUT2D eigenvalue weighted by atomic mass is 10.1. The zero-order chi connectivity index (χ0) is 19.1. The van der Waals surface area contributed by atoms with E-state index in [9.17, 15) is 0 Å². The Hall–Kier alpha value is -2.28. The van der Waals surface area contributed by atoms with Crippen LogP contribution in [-0.4, -0.2) is 47.0 Å². The van der Waals surface area contributed by atoms with Crippen molar-refractivity contribution in [1.82, 2.24) is 25.4 Å². The van der Waals surface area contributed by atoms with Crippen LogP contribution < -0.4 is 15.4 Å². The molecule has 1 unspecified atom stereocenters. The molecule has 7 nitrogen and oxygen atoms in total. The number of guanidine groups is 1. The molecule has 0 fully saturated rings. The number of rotatable bonds is 7. The summed E-state index contributed by atoms with van der Waals surface area (Å²) in [5.41, 5.74) is 3.55. The van der Waals surface area contributed by atoms with Crippen LogP contribution in [0.1, 0.15) is 23.9 Å². The summed E-state index contributed by atoms with van der Waals surface area (Å²) in [4.78, 5) is 8.35. The molecule has 0 aliphatic rings. The van der Waals surface area contributed by atoms with Crippen molar-refractivity contribution in [3.63, 3.8) is 0 Å². The summed E-state index contributed by atoms with van der Waals surface area (Å²) in [5, 5.41) is 11.7. The van der Waals surface area contributed by atoms with E-state index in [0.717, 1.165) is 18.1 Å². The second kappa shape index (κ2) is 9.43. The number of pyridine rings is 1.